The Morgan fingerprint density at radius 2 is 2.15 bits per heavy atom. The molecule has 1 rings (SSSR count). The predicted octanol–water partition coefficient (Wildman–Crippen LogP) is 1.95. The fourth-order valence-electron chi connectivity index (χ4n) is 2.04. The number of ether oxygens (including phenoxy) is 1. The van der Waals surface area contributed by atoms with Crippen LogP contribution in [0.25, 0.3) is 0 Å². The molecular weight excluding hydrogens is 162 g/mol. The SMILES string of the molecule is C=CCCOCC1CCCC1CN. The molecule has 1 aliphatic carbocycles. The fourth-order valence-corrected chi connectivity index (χ4v) is 2.04. The quantitative estimate of drug-likeness (QED) is 0.504. The highest BCUT2D eigenvalue weighted by molar-refractivity contribution is 4.77. The van der Waals surface area contributed by atoms with Gasteiger partial charge in [0, 0.05) is 6.61 Å². The van der Waals surface area contributed by atoms with Gasteiger partial charge in [-0.2, -0.15) is 0 Å². The summed E-state index contributed by atoms with van der Waals surface area (Å²) in [6.45, 7) is 6.21. The molecule has 0 aliphatic heterocycles. The second-order valence-corrected chi connectivity index (χ2v) is 3.84. The maximum Gasteiger partial charge on any atom is 0.0500 e. The van der Waals surface area contributed by atoms with Gasteiger partial charge in [-0.05, 0) is 37.6 Å². The van der Waals surface area contributed by atoms with Gasteiger partial charge < -0.3 is 10.5 Å². The van der Waals surface area contributed by atoms with Gasteiger partial charge in [-0.3, -0.25) is 0 Å². The Labute approximate surface area is 81.1 Å². The lowest BCUT2D eigenvalue weighted by molar-refractivity contribution is 0.0903. The summed E-state index contributed by atoms with van der Waals surface area (Å²) >= 11 is 0. The minimum atomic E-state index is 0.712. The normalized spacial score (nSPS) is 27.8. The van der Waals surface area contributed by atoms with Crippen LogP contribution in [-0.4, -0.2) is 19.8 Å². The highest BCUT2D eigenvalue weighted by Gasteiger charge is 2.25. The van der Waals surface area contributed by atoms with Gasteiger partial charge in [0.15, 0.2) is 0 Å². The van der Waals surface area contributed by atoms with E-state index in [4.69, 9.17) is 10.5 Å². The molecule has 2 heteroatoms. The standard InChI is InChI=1S/C11H21NO/c1-2-3-7-13-9-11-6-4-5-10(11)8-12/h2,10-11H,1,3-9,12H2. The minimum Gasteiger partial charge on any atom is -0.381 e. The molecule has 76 valence electrons. The van der Waals surface area contributed by atoms with Crippen molar-refractivity contribution in [2.45, 2.75) is 25.7 Å². The predicted molar refractivity (Wildman–Crippen MR) is 55.5 cm³/mol. The zero-order valence-corrected chi connectivity index (χ0v) is 8.37. The average molecular weight is 183 g/mol. The van der Waals surface area contributed by atoms with Crippen molar-refractivity contribution < 1.29 is 4.74 Å². The number of hydrogen-bond donors (Lipinski definition) is 1. The second-order valence-electron chi connectivity index (χ2n) is 3.84. The molecule has 1 saturated carbocycles. The third kappa shape index (κ3) is 3.49. The van der Waals surface area contributed by atoms with Gasteiger partial charge >= 0.3 is 0 Å². The van der Waals surface area contributed by atoms with Crippen molar-refractivity contribution in [3.05, 3.63) is 12.7 Å². The lowest BCUT2D eigenvalue weighted by Gasteiger charge is -2.17. The molecule has 1 aliphatic rings. The highest BCUT2D eigenvalue weighted by atomic mass is 16.5. The molecule has 0 aromatic carbocycles. The van der Waals surface area contributed by atoms with Gasteiger partial charge in [-0.1, -0.05) is 12.5 Å². The minimum absolute atomic E-state index is 0.712. The summed E-state index contributed by atoms with van der Waals surface area (Å²) in [7, 11) is 0. The van der Waals surface area contributed by atoms with Gasteiger partial charge in [-0.15, -0.1) is 6.58 Å². The molecule has 0 spiro atoms. The molecule has 0 radical (unpaired) electrons. The molecule has 0 amide bonds. The van der Waals surface area contributed by atoms with Gasteiger partial charge in [0.05, 0.1) is 6.61 Å². The van der Waals surface area contributed by atoms with Gasteiger partial charge in [-0.25, -0.2) is 0 Å². The van der Waals surface area contributed by atoms with Crippen LogP contribution in [0, 0.1) is 11.8 Å². The van der Waals surface area contributed by atoms with E-state index in [1.165, 1.54) is 19.3 Å². The number of nitrogens with two attached hydrogens (primary N) is 1. The molecule has 0 aromatic rings. The Morgan fingerprint density at radius 3 is 2.85 bits per heavy atom. The summed E-state index contributed by atoms with van der Waals surface area (Å²) in [4.78, 5) is 0. The Bertz CT molecular complexity index is 147. The Kier molecular flexibility index (Phi) is 5.09. The summed E-state index contributed by atoms with van der Waals surface area (Å²) in [5.41, 5.74) is 5.68. The van der Waals surface area contributed by atoms with Crippen LogP contribution in [0.5, 0.6) is 0 Å². The van der Waals surface area contributed by atoms with Crippen molar-refractivity contribution in [1.29, 1.82) is 0 Å². The van der Waals surface area contributed by atoms with Crippen molar-refractivity contribution in [1.82, 2.24) is 0 Å². The molecule has 2 unspecified atom stereocenters. The third-order valence-corrected chi connectivity index (χ3v) is 2.92. The molecule has 0 saturated heterocycles. The van der Waals surface area contributed by atoms with E-state index in [-0.39, 0.29) is 0 Å². The van der Waals surface area contributed by atoms with E-state index >= 15 is 0 Å². The first-order valence-corrected chi connectivity index (χ1v) is 5.27. The van der Waals surface area contributed by atoms with Crippen LogP contribution in [0.3, 0.4) is 0 Å². The first-order chi connectivity index (χ1) is 6.38. The van der Waals surface area contributed by atoms with Crippen LogP contribution in [0.2, 0.25) is 0 Å². The van der Waals surface area contributed by atoms with Gasteiger partial charge in [0.25, 0.3) is 0 Å². The van der Waals surface area contributed by atoms with Crippen molar-refractivity contribution in [3.8, 4) is 0 Å². The second kappa shape index (κ2) is 6.17. The summed E-state index contributed by atoms with van der Waals surface area (Å²) < 4.78 is 5.56. The van der Waals surface area contributed by atoms with Crippen LogP contribution in [0.4, 0.5) is 0 Å². The third-order valence-electron chi connectivity index (χ3n) is 2.92. The fraction of sp³-hybridized carbons (Fsp3) is 0.818. The number of rotatable bonds is 6. The van der Waals surface area contributed by atoms with Gasteiger partial charge in [0.2, 0.25) is 0 Å². The summed E-state index contributed by atoms with van der Waals surface area (Å²) in [6, 6.07) is 0. The molecular formula is C11H21NO. The molecule has 0 aromatic heterocycles. The van der Waals surface area contributed by atoms with Crippen molar-refractivity contribution in [2.75, 3.05) is 19.8 Å². The molecule has 0 heterocycles. The van der Waals surface area contributed by atoms with Crippen LogP contribution >= 0.6 is 0 Å². The van der Waals surface area contributed by atoms with Crippen LogP contribution in [-0.2, 0) is 4.74 Å². The molecule has 2 atom stereocenters. The first kappa shape index (κ1) is 10.7. The smallest absolute Gasteiger partial charge is 0.0500 e. The Balaban J connectivity index is 2.09. The van der Waals surface area contributed by atoms with Gasteiger partial charge in [0.1, 0.15) is 0 Å². The highest BCUT2D eigenvalue weighted by Crippen LogP contribution is 2.30. The van der Waals surface area contributed by atoms with Crippen molar-refractivity contribution in [2.24, 2.45) is 17.6 Å². The van der Waals surface area contributed by atoms with Crippen molar-refractivity contribution in [3.63, 3.8) is 0 Å². The summed E-state index contributed by atoms with van der Waals surface area (Å²) in [6.07, 6.45) is 6.79. The van der Waals surface area contributed by atoms with E-state index in [0.717, 1.165) is 32.1 Å². The van der Waals surface area contributed by atoms with E-state index < -0.39 is 0 Å². The van der Waals surface area contributed by atoms with E-state index in [9.17, 15) is 0 Å². The Morgan fingerprint density at radius 1 is 1.38 bits per heavy atom. The summed E-state index contributed by atoms with van der Waals surface area (Å²) in [5.74, 6) is 1.43. The van der Waals surface area contributed by atoms with E-state index in [1.807, 2.05) is 6.08 Å². The lowest BCUT2D eigenvalue weighted by Crippen LogP contribution is -2.22. The van der Waals surface area contributed by atoms with E-state index in [1.54, 1.807) is 0 Å². The van der Waals surface area contributed by atoms with E-state index in [0.29, 0.717) is 5.92 Å². The van der Waals surface area contributed by atoms with Crippen molar-refractivity contribution >= 4 is 0 Å². The number of hydrogen-bond acceptors (Lipinski definition) is 2. The van der Waals surface area contributed by atoms with Crippen LogP contribution < -0.4 is 5.73 Å². The molecule has 13 heavy (non-hydrogen) atoms. The maximum atomic E-state index is 5.68. The van der Waals surface area contributed by atoms with Crippen LogP contribution in [0.1, 0.15) is 25.7 Å². The summed E-state index contributed by atoms with van der Waals surface area (Å²) in [5, 5.41) is 0. The average Bonchev–Trinajstić information content (AvgIpc) is 2.60. The molecule has 2 N–H and O–H groups in total. The zero-order valence-electron chi connectivity index (χ0n) is 8.37. The molecule has 0 bridgehead atoms. The topological polar surface area (TPSA) is 35.2 Å². The molecule has 1 fully saturated rings. The van der Waals surface area contributed by atoms with Crippen LogP contribution in [0.15, 0.2) is 12.7 Å². The monoisotopic (exact) mass is 183 g/mol. The maximum absolute atomic E-state index is 5.68. The molecule has 2 nitrogen and oxygen atoms in total. The first-order valence-electron chi connectivity index (χ1n) is 5.27. The lowest BCUT2D eigenvalue weighted by atomic mass is 9.97. The Hall–Kier alpha value is -0.340. The largest absolute Gasteiger partial charge is 0.381 e. The zero-order chi connectivity index (χ0) is 9.52. The van der Waals surface area contributed by atoms with E-state index in [2.05, 4.69) is 6.58 Å².